The van der Waals surface area contributed by atoms with E-state index >= 15 is 0 Å². The molecule has 15 heavy (non-hydrogen) atoms. The number of phenolic OH excluding ortho intramolecular Hbond substituents is 1. The standard InChI is InChI=1S/C10H15ClN2O.ClH/c11-8-4-1-3-7(10(8)14)9(13)5-2-6-12;/h1,3-4,9,14H,2,5-6,12-13H2;1H/t9-;/m1./s1. The first-order valence-electron chi connectivity index (χ1n) is 4.60. The minimum atomic E-state index is -0.197. The number of nitrogens with two attached hydrogens (primary N) is 2. The summed E-state index contributed by atoms with van der Waals surface area (Å²) in [5.41, 5.74) is 11.9. The average Bonchev–Trinajstić information content (AvgIpc) is 2.18. The first kappa shape index (κ1) is 14.5. The molecule has 5 heteroatoms. The Labute approximate surface area is 101 Å². The zero-order chi connectivity index (χ0) is 10.6. The first-order valence-corrected chi connectivity index (χ1v) is 4.97. The van der Waals surface area contributed by atoms with Crippen LogP contribution in [-0.4, -0.2) is 11.7 Å². The van der Waals surface area contributed by atoms with Gasteiger partial charge in [-0.2, -0.15) is 0 Å². The third-order valence-corrected chi connectivity index (χ3v) is 2.44. The van der Waals surface area contributed by atoms with Crippen LogP contribution in [0.4, 0.5) is 0 Å². The van der Waals surface area contributed by atoms with Crippen molar-refractivity contribution in [2.45, 2.75) is 18.9 Å². The van der Waals surface area contributed by atoms with Crippen LogP contribution in [0.3, 0.4) is 0 Å². The van der Waals surface area contributed by atoms with Crippen LogP contribution >= 0.6 is 24.0 Å². The molecule has 0 aromatic heterocycles. The fraction of sp³-hybridized carbons (Fsp3) is 0.400. The van der Waals surface area contributed by atoms with E-state index in [0.29, 0.717) is 17.1 Å². The Morgan fingerprint density at radius 3 is 2.67 bits per heavy atom. The molecule has 0 aliphatic heterocycles. The third kappa shape index (κ3) is 3.87. The maximum Gasteiger partial charge on any atom is 0.138 e. The summed E-state index contributed by atoms with van der Waals surface area (Å²) in [5, 5.41) is 9.96. The normalized spacial score (nSPS) is 11.9. The second-order valence-corrected chi connectivity index (χ2v) is 3.62. The Balaban J connectivity index is 0.00000196. The SMILES string of the molecule is Cl.NCCC[C@@H](N)c1cccc(Cl)c1O. The lowest BCUT2D eigenvalue weighted by Crippen LogP contribution is -2.12. The maximum atomic E-state index is 9.62. The van der Waals surface area contributed by atoms with E-state index in [4.69, 9.17) is 23.1 Å². The highest BCUT2D eigenvalue weighted by Gasteiger charge is 2.11. The van der Waals surface area contributed by atoms with Crippen LogP contribution in [0.25, 0.3) is 0 Å². The maximum absolute atomic E-state index is 9.62. The Morgan fingerprint density at radius 2 is 2.07 bits per heavy atom. The van der Waals surface area contributed by atoms with Crippen molar-refractivity contribution in [3.63, 3.8) is 0 Å². The van der Waals surface area contributed by atoms with Crippen molar-refractivity contribution >= 4 is 24.0 Å². The number of rotatable bonds is 4. The number of phenols is 1. The van der Waals surface area contributed by atoms with Crippen molar-refractivity contribution < 1.29 is 5.11 Å². The zero-order valence-electron chi connectivity index (χ0n) is 8.32. The number of aromatic hydroxyl groups is 1. The Hall–Kier alpha value is -0.480. The molecular weight excluding hydrogens is 235 g/mol. The molecule has 0 saturated carbocycles. The first-order chi connectivity index (χ1) is 6.66. The minimum Gasteiger partial charge on any atom is -0.506 e. The fourth-order valence-corrected chi connectivity index (χ4v) is 1.51. The van der Waals surface area contributed by atoms with Gasteiger partial charge in [0, 0.05) is 11.6 Å². The summed E-state index contributed by atoms with van der Waals surface area (Å²) in [4.78, 5) is 0. The molecule has 86 valence electrons. The summed E-state index contributed by atoms with van der Waals surface area (Å²) >= 11 is 5.76. The number of benzene rings is 1. The molecule has 1 rings (SSSR count). The van der Waals surface area contributed by atoms with E-state index in [2.05, 4.69) is 0 Å². The lowest BCUT2D eigenvalue weighted by molar-refractivity contribution is 0.457. The summed E-state index contributed by atoms with van der Waals surface area (Å²) in [5.74, 6) is 0.0821. The van der Waals surface area contributed by atoms with Crippen molar-refractivity contribution in [1.29, 1.82) is 0 Å². The summed E-state index contributed by atoms with van der Waals surface area (Å²) < 4.78 is 0. The molecule has 0 aliphatic carbocycles. The number of hydrogen-bond donors (Lipinski definition) is 3. The Morgan fingerprint density at radius 1 is 1.40 bits per heavy atom. The predicted octanol–water partition coefficient (Wildman–Crippen LogP) is 2.21. The molecule has 0 aliphatic rings. The number of halogens is 2. The van der Waals surface area contributed by atoms with Gasteiger partial charge in [0.25, 0.3) is 0 Å². The summed E-state index contributed by atoms with van der Waals surface area (Å²) in [6.07, 6.45) is 1.59. The van der Waals surface area contributed by atoms with Gasteiger partial charge in [0.2, 0.25) is 0 Å². The second kappa shape index (κ2) is 6.90. The van der Waals surface area contributed by atoms with Crippen LogP contribution in [0.2, 0.25) is 5.02 Å². The van der Waals surface area contributed by atoms with Crippen LogP contribution in [0.5, 0.6) is 5.75 Å². The van der Waals surface area contributed by atoms with E-state index in [1.807, 2.05) is 0 Å². The topological polar surface area (TPSA) is 72.3 Å². The van der Waals surface area contributed by atoms with Gasteiger partial charge >= 0.3 is 0 Å². The van der Waals surface area contributed by atoms with E-state index in [-0.39, 0.29) is 24.2 Å². The molecule has 0 heterocycles. The predicted molar refractivity (Wildman–Crippen MR) is 65.6 cm³/mol. The fourth-order valence-electron chi connectivity index (χ4n) is 1.32. The van der Waals surface area contributed by atoms with E-state index in [1.165, 1.54) is 0 Å². The number of hydrogen-bond acceptors (Lipinski definition) is 3. The highest BCUT2D eigenvalue weighted by molar-refractivity contribution is 6.32. The van der Waals surface area contributed by atoms with E-state index in [9.17, 15) is 5.11 Å². The van der Waals surface area contributed by atoms with Gasteiger partial charge in [0.15, 0.2) is 0 Å². The van der Waals surface area contributed by atoms with Gasteiger partial charge in [-0.15, -0.1) is 12.4 Å². The number of para-hydroxylation sites is 1. The molecule has 0 saturated heterocycles. The Kier molecular flexibility index (Phi) is 6.68. The van der Waals surface area contributed by atoms with Gasteiger partial charge in [-0.3, -0.25) is 0 Å². The van der Waals surface area contributed by atoms with E-state index in [1.54, 1.807) is 18.2 Å². The highest BCUT2D eigenvalue weighted by Crippen LogP contribution is 2.31. The molecule has 3 nitrogen and oxygen atoms in total. The van der Waals surface area contributed by atoms with Crippen LogP contribution in [0.15, 0.2) is 18.2 Å². The van der Waals surface area contributed by atoms with Gasteiger partial charge in [-0.1, -0.05) is 23.7 Å². The summed E-state index contributed by atoms with van der Waals surface area (Å²) in [6, 6.07) is 5.00. The summed E-state index contributed by atoms with van der Waals surface area (Å²) in [7, 11) is 0. The molecule has 0 spiro atoms. The highest BCUT2D eigenvalue weighted by atomic mass is 35.5. The molecule has 0 amide bonds. The van der Waals surface area contributed by atoms with Crippen molar-refractivity contribution in [2.24, 2.45) is 11.5 Å². The van der Waals surface area contributed by atoms with Gasteiger partial charge in [0.1, 0.15) is 5.75 Å². The van der Waals surface area contributed by atoms with Crippen molar-refractivity contribution in [3.05, 3.63) is 28.8 Å². The molecule has 0 fully saturated rings. The van der Waals surface area contributed by atoms with E-state index in [0.717, 1.165) is 12.8 Å². The van der Waals surface area contributed by atoms with Crippen LogP contribution in [0, 0.1) is 0 Å². The molecule has 5 N–H and O–H groups in total. The molecular formula is C10H16Cl2N2O. The van der Waals surface area contributed by atoms with E-state index < -0.39 is 0 Å². The largest absolute Gasteiger partial charge is 0.506 e. The molecule has 1 atom stereocenters. The quantitative estimate of drug-likeness (QED) is 0.768. The molecule has 1 aromatic carbocycles. The van der Waals surface area contributed by atoms with Crippen molar-refractivity contribution in [1.82, 2.24) is 0 Å². The molecule has 0 radical (unpaired) electrons. The van der Waals surface area contributed by atoms with Gasteiger partial charge < -0.3 is 16.6 Å². The van der Waals surface area contributed by atoms with Gasteiger partial charge in [0.05, 0.1) is 5.02 Å². The lowest BCUT2D eigenvalue weighted by Gasteiger charge is -2.13. The van der Waals surface area contributed by atoms with Crippen LogP contribution in [0.1, 0.15) is 24.4 Å². The van der Waals surface area contributed by atoms with Crippen molar-refractivity contribution in [3.8, 4) is 5.75 Å². The molecule has 0 bridgehead atoms. The average molecular weight is 251 g/mol. The lowest BCUT2D eigenvalue weighted by atomic mass is 10.0. The zero-order valence-corrected chi connectivity index (χ0v) is 9.89. The molecule has 1 aromatic rings. The van der Waals surface area contributed by atoms with Crippen LogP contribution < -0.4 is 11.5 Å². The summed E-state index contributed by atoms with van der Waals surface area (Å²) in [6.45, 7) is 0.606. The van der Waals surface area contributed by atoms with Gasteiger partial charge in [-0.25, -0.2) is 0 Å². The van der Waals surface area contributed by atoms with Gasteiger partial charge in [-0.05, 0) is 25.5 Å². The van der Waals surface area contributed by atoms with Crippen LogP contribution in [-0.2, 0) is 0 Å². The van der Waals surface area contributed by atoms with Crippen molar-refractivity contribution in [2.75, 3.05) is 6.54 Å². The third-order valence-electron chi connectivity index (χ3n) is 2.14. The smallest absolute Gasteiger partial charge is 0.138 e. The minimum absolute atomic E-state index is 0. The Bertz CT molecular complexity index is 307. The monoisotopic (exact) mass is 250 g/mol. The molecule has 0 unspecified atom stereocenters. The second-order valence-electron chi connectivity index (χ2n) is 3.22.